The standard InChI is InChI=1S/C13H16N2O/c1-10-4-6-11(7-5-10)8-15-12(16)13(2,3)9-14/h4-7H,8H2,1-3H3,(H,15,16). The maximum atomic E-state index is 11.6. The van der Waals surface area contributed by atoms with Crippen LogP contribution >= 0.6 is 0 Å². The molecule has 3 nitrogen and oxygen atoms in total. The quantitative estimate of drug-likeness (QED) is 0.841. The fraction of sp³-hybridized carbons (Fsp3) is 0.385. The van der Waals surface area contributed by atoms with Crippen molar-refractivity contribution in [2.24, 2.45) is 5.41 Å². The molecule has 0 bridgehead atoms. The summed E-state index contributed by atoms with van der Waals surface area (Å²) in [5, 5.41) is 11.5. The van der Waals surface area contributed by atoms with E-state index in [1.54, 1.807) is 13.8 Å². The molecular weight excluding hydrogens is 200 g/mol. The highest BCUT2D eigenvalue weighted by atomic mass is 16.2. The molecule has 0 aliphatic heterocycles. The van der Waals surface area contributed by atoms with Crippen molar-refractivity contribution in [3.05, 3.63) is 35.4 Å². The van der Waals surface area contributed by atoms with Gasteiger partial charge in [-0.3, -0.25) is 4.79 Å². The molecule has 1 aromatic carbocycles. The fourth-order valence-corrected chi connectivity index (χ4v) is 1.16. The van der Waals surface area contributed by atoms with E-state index in [-0.39, 0.29) is 5.91 Å². The van der Waals surface area contributed by atoms with Gasteiger partial charge < -0.3 is 5.32 Å². The van der Waals surface area contributed by atoms with E-state index >= 15 is 0 Å². The van der Waals surface area contributed by atoms with Gasteiger partial charge in [0, 0.05) is 6.54 Å². The van der Waals surface area contributed by atoms with Crippen molar-refractivity contribution in [3.8, 4) is 6.07 Å². The van der Waals surface area contributed by atoms with Crippen LogP contribution in [0.2, 0.25) is 0 Å². The second kappa shape index (κ2) is 4.80. The molecule has 0 atom stereocenters. The maximum Gasteiger partial charge on any atom is 0.240 e. The smallest absolute Gasteiger partial charge is 0.240 e. The Balaban J connectivity index is 2.56. The Morgan fingerprint density at radius 1 is 1.38 bits per heavy atom. The van der Waals surface area contributed by atoms with E-state index in [4.69, 9.17) is 5.26 Å². The summed E-state index contributed by atoms with van der Waals surface area (Å²) in [6, 6.07) is 9.90. The second-order valence-corrected chi connectivity index (χ2v) is 4.41. The first-order valence-corrected chi connectivity index (χ1v) is 5.21. The molecule has 16 heavy (non-hydrogen) atoms. The summed E-state index contributed by atoms with van der Waals surface area (Å²) in [5.74, 6) is -0.240. The van der Waals surface area contributed by atoms with Crippen LogP contribution in [0.15, 0.2) is 24.3 Å². The molecule has 0 aromatic heterocycles. The Labute approximate surface area is 96.1 Å². The molecule has 0 heterocycles. The molecule has 0 saturated heterocycles. The average Bonchev–Trinajstić information content (AvgIpc) is 2.28. The minimum Gasteiger partial charge on any atom is -0.351 e. The van der Waals surface area contributed by atoms with E-state index in [1.165, 1.54) is 5.56 Å². The highest BCUT2D eigenvalue weighted by molar-refractivity contribution is 5.84. The molecule has 0 aliphatic carbocycles. The first-order valence-electron chi connectivity index (χ1n) is 5.21. The van der Waals surface area contributed by atoms with Gasteiger partial charge in [-0.2, -0.15) is 5.26 Å². The van der Waals surface area contributed by atoms with E-state index in [9.17, 15) is 4.79 Å². The van der Waals surface area contributed by atoms with Gasteiger partial charge in [-0.25, -0.2) is 0 Å². The zero-order valence-electron chi connectivity index (χ0n) is 9.87. The minimum atomic E-state index is -0.968. The van der Waals surface area contributed by atoms with Crippen LogP contribution in [0.5, 0.6) is 0 Å². The van der Waals surface area contributed by atoms with Crippen molar-refractivity contribution >= 4 is 5.91 Å². The highest BCUT2D eigenvalue weighted by Gasteiger charge is 2.26. The zero-order chi connectivity index (χ0) is 12.2. The number of aryl methyl sites for hydroxylation is 1. The third-order valence-corrected chi connectivity index (χ3v) is 2.42. The number of carbonyl (C=O) groups is 1. The third kappa shape index (κ3) is 3.09. The first kappa shape index (κ1) is 12.3. The van der Waals surface area contributed by atoms with Crippen LogP contribution < -0.4 is 5.32 Å². The number of nitrogens with zero attached hydrogens (tertiary/aromatic N) is 1. The molecule has 0 radical (unpaired) electrons. The van der Waals surface area contributed by atoms with Gasteiger partial charge in [0.1, 0.15) is 5.41 Å². The van der Waals surface area contributed by atoms with Crippen LogP contribution in [0.1, 0.15) is 25.0 Å². The predicted molar refractivity (Wildman–Crippen MR) is 62.4 cm³/mol. The molecule has 84 valence electrons. The summed E-state index contributed by atoms with van der Waals surface area (Å²) in [6.07, 6.45) is 0. The summed E-state index contributed by atoms with van der Waals surface area (Å²) < 4.78 is 0. The molecule has 1 rings (SSSR count). The van der Waals surface area contributed by atoms with E-state index in [1.807, 2.05) is 37.3 Å². The van der Waals surface area contributed by atoms with Gasteiger partial charge in [-0.05, 0) is 26.3 Å². The topological polar surface area (TPSA) is 52.9 Å². The van der Waals surface area contributed by atoms with Gasteiger partial charge in [-0.15, -0.1) is 0 Å². The Kier molecular flexibility index (Phi) is 3.68. The lowest BCUT2D eigenvalue weighted by Crippen LogP contribution is -2.35. The van der Waals surface area contributed by atoms with Crippen LogP contribution in [0.25, 0.3) is 0 Å². The average molecular weight is 216 g/mol. The molecule has 3 heteroatoms. The zero-order valence-corrected chi connectivity index (χ0v) is 9.87. The lowest BCUT2D eigenvalue weighted by atomic mass is 9.95. The normalized spacial score (nSPS) is 10.6. The van der Waals surface area contributed by atoms with Crippen LogP contribution in [-0.2, 0) is 11.3 Å². The molecule has 0 aliphatic rings. The lowest BCUT2D eigenvalue weighted by molar-refractivity contribution is -0.126. The van der Waals surface area contributed by atoms with Crippen LogP contribution in [0, 0.1) is 23.7 Å². The fourth-order valence-electron chi connectivity index (χ4n) is 1.16. The number of amides is 1. The van der Waals surface area contributed by atoms with E-state index in [2.05, 4.69) is 5.32 Å². The number of hydrogen-bond donors (Lipinski definition) is 1. The first-order chi connectivity index (χ1) is 7.45. The number of nitriles is 1. The van der Waals surface area contributed by atoms with E-state index < -0.39 is 5.41 Å². The lowest BCUT2D eigenvalue weighted by Gasteiger charge is -2.14. The number of carbonyl (C=O) groups excluding carboxylic acids is 1. The van der Waals surface area contributed by atoms with Crippen molar-refractivity contribution in [3.63, 3.8) is 0 Å². The van der Waals surface area contributed by atoms with Gasteiger partial charge in [-0.1, -0.05) is 29.8 Å². The Morgan fingerprint density at radius 2 is 1.94 bits per heavy atom. The van der Waals surface area contributed by atoms with E-state index in [0.717, 1.165) is 5.56 Å². The molecular formula is C13H16N2O. The highest BCUT2D eigenvalue weighted by Crippen LogP contribution is 2.13. The molecule has 0 spiro atoms. The SMILES string of the molecule is Cc1ccc(CNC(=O)C(C)(C)C#N)cc1. The second-order valence-electron chi connectivity index (χ2n) is 4.41. The van der Waals surface area contributed by atoms with Crippen molar-refractivity contribution in [1.29, 1.82) is 5.26 Å². The van der Waals surface area contributed by atoms with Crippen LogP contribution in [-0.4, -0.2) is 5.91 Å². The molecule has 1 N–H and O–H groups in total. The molecule has 0 fully saturated rings. The van der Waals surface area contributed by atoms with Gasteiger partial charge >= 0.3 is 0 Å². The monoisotopic (exact) mass is 216 g/mol. The van der Waals surface area contributed by atoms with Crippen LogP contribution in [0.4, 0.5) is 0 Å². The number of benzene rings is 1. The number of nitrogens with one attached hydrogen (secondary N) is 1. The largest absolute Gasteiger partial charge is 0.351 e. The van der Waals surface area contributed by atoms with Crippen molar-refractivity contribution in [2.75, 3.05) is 0 Å². The molecule has 0 saturated carbocycles. The molecule has 0 unspecified atom stereocenters. The maximum absolute atomic E-state index is 11.6. The van der Waals surface area contributed by atoms with Gasteiger partial charge in [0.15, 0.2) is 0 Å². The van der Waals surface area contributed by atoms with E-state index in [0.29, 0.717) is 6.54 Å². The number of rotatable bonds is 3. The van der Waals surface area contributed by atoms with Gasteiger partial charge in [0.25, 0.3) is 0 Å². The molecule has 1 amide bonds. The van der Waals surface area contributed by atoms with Gasteiger partial charge in [0.2, 0.25) is 5.91 Å². The minimum absolute atomic E-state index is 0.240. The van der Waals surface area contributed by atoms with Crippen molar-refractivity contribution in [2.45, 2.75) is 27.3 Å². The Bertz CT molecular complexity index is 413. The summed E-state index contributed by atoms with van der Waals surface area (Å²) in [4.78, 5) is 11.6. The summed E-state index contributed by atoms with van der Waals surface area (Å²) >= 11 is 0. The summed E-state index contributed by atoms with van der Waals surface area (Å²) in [7, 11) is 0. The summed E-state index contributed by atoms with van der Waals surface area (Å²) in [6.45, 7) is 5.69. The third-order valence-electron chi connectivity index (χ3n) is 2.42. The van der Waals surface area contributed by atoms with Gasteiger partial charge in [0.05, 0.1) is 6.07 Å². The Morgan fingerprint density at radius 3 is 2.44 bits per heavy atom. The van der Waals surface area contributed by atoms with Crippen molar-refractivity contribution in [1.82, 2.24) is 5.32 Å². The summed E-state index contributed by atoms with van der Waals surface area (Å²) in [5.41, 5.74) is 1.25. The Hall–Kier alpha value is -1.82. The van der Waals surface area contributed by atoms with Crippen LogP contribution in [0.3, 0.4) is 0 Å². The molecule has 1 aromatic rings. The number of hydrogen-bond acceptors (Lipinski definition) is 2. The van der Waals surface area contributed by atoms with Crippen molar-refractivity contribution < 1.29 is 4.79 Å². The predicted octanol–water partition coefficient (Wildman–Crippen LogP) is 2.16.